The van der Waals surface area contributed by atoms with Gasteiger partial charge in [-0.1, -0.05) is 29.8 Å². The van der Waals surface area contributed by atoms with Crippen molar-refractivity contribution >= 4 is 27.9 Å². The molecule has 0 unspecified atom stereocenters. The largest absolute Gasteiger partial charge is 0.460 e. The number of benzene rings is 1. The molecule has 1 aliphatic rings. The number of hydrogen-bond acceptors (Lipinski definition) is 6. The average Bonchev–Trinajstić information content (AvgIpc) is 2.55. The van der Waals surface area contributed by atoms with Crippen LogP contribution >= 0.6 is 15.9 Å². The molecule has 1 saturated heterocycles. The van der Waals surface area contributed by atoms with E-state index in [0.29, 0.717) is 12.2 Å². The van der Waals surface area contributed by atoms with Crippen LogP contribution in [-0.4, -0.2) is 36.0 Å². The standard InChI is InChI=1S/C20H27BrO6/c1-7-16-12(3)18(24-13(4)22)20(6,27-14(5)23)19(25-16)26-17-9-8-15(21)10-11(17)2/h8-10,12,16,18-19H,7H2,1-6H3/t12-,16-,18+,19-,20+/m1/s1. The molecule has 1 aliphatic heterocycles. The van der Waals surface area contributed by atoms with Crippen LogP contribution in [-0.2, 0) is 23.8 Å². The Labute approximate surface area is 168 Å². The van der Waals surface area contributed by atoms with E-state index in [4.69, 9.17) is 18.9 Å². The van der Waals surface area contributed by atoms with Crippen LogP contribution in [0.4, 0.5) is 0 Å². The van der Waals surface area contributed by atoms with Crippen LogP contribution in [0.15, 0.2) is 22.7 Å². The molecule has 1 fully saturated rings. The van der Waals surface area contributed by atoms with Crippen molar-refractivity contribution in [2.45, 2.75) is 72.1 Å². The van der Waals surface area contributed by atoms with Crippen LogP contribution in [0.25, 0.3) is 0 Å². The predicted octanol–water partition coefficient (Wildman–Crippen LogP) is 4.16. The number of rotatable bonds is 5. The van der Waals surface area contributed by atoms with Gasteiger partial charge in [-0.2, -0.15) is 0 Å². The molecule has 27 heavy (non-hydrogen) atoms. The number of aryl methyl sites for hydroxylation is 1. The lowest BCUT2D eigenvalue weighted by molar-refractivity contribution is -0.304. The van der Waals surface area contributed by atoms with Gasteiger partial charge in [0.05, 0.1) is 6.10 Å². The lowest BCUT2D eigenvalue weighted by atomic mass is 9.81. The van der Waals surface area contributed by atoms with E-state index < -0.39 is 29.9 Å². The molecular formula is C20H27BrO6. The second kappa shape index (κ2) is 8.61. The molecule has 0 spiro atoms. The highest BCUT2D eigenvalue weighted by molar-refractivity contribution is 9.10. The molecule has 2 rings (SSSR count). The molecule has 5 atom stereocenters. The molecular weight excluding hydrogens is 416 g/mol. The van der Waals surface area contributed by atoms with Crippen LogP contribution < -0.4 is 4.74 Å². The van der Waals surface area contributed by atoms with Gasteiger partial charge in [0.25, 0.3) is 0 Å². The average molecular weight is 443 g/mol. The third kappa shape index (κ3) is 4.82. The smallest absolute Gasteiger partial charge is 0.303 e. The van der Waals surface area contributed by atoms with E-state index in [1.165, 1.54) is 13.8 Å². The van der Waals surface area contributed by atoms with Crippen molar-refractivity contribution in [1.82, 2.24) is 0 Å². The number of esters is 2. The van der Waals surface area contributed by atoms with Crippen molar-refractivity contribution in [2.24, 2.45) is 5.92 Å². The van der Waals surface area contributed by atoms with E-state index in [1.807, 2.05) is 39.0 Å². The highest BCUT2D eigenvalue weighted by Gasteiger charge is 2.57. The number of hydrogen-bond donors (Lipinski definition) is 0. The summed E-state index contributed by atoms with van der Waals surface area (Å²) in [6, 6.07) is 5.60. The van der Waals surface area contributed by atoms with Crippen molar-refractivity contribution in [3.63, 3.8) is 0 Å². The molecule has 7 heteroatoms. The van der Waals surface area contributed by atoms with Crippen molar-refractivity contribution < 1.29 is 28.5 Å². The highest BCUT2D eigenvalue weighted by atomic mass is 79.9. The van der Waals surface area contributed by atoms with Gasteiger partial charge in [0.2, 0.25) is 11.9 Å². The van der Waals surface area contributed by atoms with E-state index >= 15 is 0 Å². The van der Waals surface area contributed by atoms with Crippen molar-refractivity contribution in [2.75, 3.05) is 0 Å². The Balaban J connectivity index is 2.45. The number of carbonyl (C=O) groups excluding carboxylic acids is 2. The number of halogens is 1. The normalized spacial score (nSPS) is 30.5. The lowest BCUT2D eigenvalue weighted by Gasteiger charge is -2.50. The second-order valence-corrected chi connectivity index (χ2v) is 8.02. The fourth-order valence-corrected chi connectivity index (χ4v) is 4.04. The zero-order valence-electron chi connectivity index (χ0n) is 16.6. The van der Waals surface area contributed by atoms with Crippen molar-refractivity contribution in [3.8, 4) is 5.75 Å². The van der Waals surface area contributed by atoms with Gasteiger partial charge in [0, 0.05) is 24.2 Å². The molecule has 1 heterocycles. The molecule has 0 bridgehead atoms. The van der Waals surface area contributed by atoms with Crippen LogP contribution in [0.2, 0.25) is 0 Å². The predicted molar refractivity (Wildman–Crippen MR) is 103 cm³/mol. The summed E-state index contributed by atoms with van der Waals surface area (Å²) in [5.41, 5.74) is -0.392. The zero-order valence-corrected chi connectivity index (χ0v) is 18.2. The Morgan fingerprint density at radius 3 is 2.44 bits per heavy atom. The Bertz CT molecular complexity index is 706. The summed E-state index contributed by atoms with van der Waals surface area (Å²) >= 11 is 3.43. The van der Waals surface area contributed by atoms with E-state index in [2.05, 4.69) is 15.9 Å². The maximum absolute atomic E-state index is 11.8. The fourth-order valence-electron chi connectivity index (χ4n) is 3.56. The summed E-state index contributed by atoms with van der Waals surface area (Å²) in [7, 11) is 0. The zero-order chi connectivity index (χ0) is 20.4. The SMILES string of the molecule is CC[C@H]1O[C@H](Oc2ccc(Br)cc2C)[C@@](C)(OC(C)=O)[C@@H](OC(C)=O)[C@@H]1C. The van der Waals surface area contributed by atoms with Gasteiger partial charge in [0.1, 0.15) is 5.75 Å². The molecule has 0 N–H and O–H groups in total. The minimum Gasteiger partial charge on any atom is -0.460 e. The van der Waals surface area contributed by atoms with Crippen LogP contribution in [0.1, 0.15) is 46.6 Å². The van der Waals surface area contributed by atoms with Gasteiger partial charge in [-0.25, -0.2) is 0 Å². The molecule has 1 aromatic carbocycles. The summed E-state index contributed by atoms with van der Waals surface area (Å²) in [4.78, 5) is 23.6. The monoisotopic (exact) mass is 442 g/mol. The van der Waals surface area contributed by atoms with Gasteiger partial charge in [0.15, 0.2) is 6.10 Å². The molecule has 0 aliphatic carbocycles. The Hall–Kier alpha value is -1.60. The van der Waals surface area contributed by atoms with Gasteiger partial charge in [-0.05, 0) is 44.0 Å². The molecule has 6 nitrogen and oxygen atoms in total. The lowest BCUT2D eigenvalue weighted by Crippen LogP contribution is -2.65. The van der Waals surface area contributed by atoms with Gasteiger partial charge in [-0.3, -0.25) is 9.59 Å². The Morgan fingerprint density at radius 2 is 1.93 bits per heavy atom. The van der Waals surface area contributed by atoms with Crippen molar-refractivity contribution in [3.05, 3.63) is 28.2 Å². The van der Waals surface area contributed by atoms with Crippen LogP contribution in [0, 0.1) is 12.8 Å². The first kappa shape index (κ1) is 21.7. The minimum atomic E-state index is -1.29. The van der Waals surface area contributed by atoms with E-state index in [9.17, 15) is 9.59 Å². The summed E-state index contributed by atoms with van der Waals surface area (Å²) < 4.78 is 24.4. The molecule has 1 aromatic rings. The summed E-state index contributed by atoms with van der Waals surface area (Å²) in [6.07, 6.45) is -1.13. The van der Waals surface area contributed by atoms with E-state index in [0.717, 1.165) is 10.0 Å². The van der Waals surface area contributed by atoms with E-state index in [-0.39, 0.29) is 12.0 Å². The topological polar surface area (TPSA) is 71.1 Å². The van der Waals surface area contributed by atoms with Gasteiger partial charge >= 0.3 is 11.9 Å². The highest BCUT2D eigenvalue weighted by Crippen LogP contribution is 2.41. The van der Waals surface area contributed by atoms with Crippen LogP contribution in [0.5, 0.6) is 5.75 Å². The molecule has 0 saturated carbocycles. The Kier molecular flexibility index (Phi) is 6.92. The molecule has 0 aromatic heterocycles. The second-order valence-electron chi connectivity index (χ2n) is 7.11. The van der Waals surface area contributed by atoms with Gasteiger partial charge in [-0.15, -0.1) is 0 Å². The van der Waals surface area contributed by atoms with Gasteiger partial charge < -0.3 is 18.9 Å². The first-order valence-corrected chi connectivity index (χ1v) is 9.82. The van der Waals surface area contributed by atoms with Crippen molar-refractivity contribution in [1.29, 1.82) is 0 Å². The first-order valence-electron chi connectivity index (χ1n) is 9.03. The molecule has 0 amide bonds. The third-order valence-corrected chi connectivity index (χ3v) is 5.32. The minimum absolute atomic E-state index is 0.172. The van der Waals surface area contributed by atoms with E-state index in [1.54, 1.807) is 6.92 Å². The molecule has 150 valence electrons. The number of ether oxygens (including phenoxy) is 4. The fraction of sp³-hybridized carbons (Fsp3) is 0.600. The first-order chi connectivity index (χ1) is 12.6. The summed E-state index contributed by atoms with van der Waals surface area (Å²) in [5.74, 6) is -0.510. The third-order valence-electron chi connectivity index (χ3n) is 4.83. The maximum atomic E-state index is 11.8. The summed E-state index contributed by atoms with van der Waals surface area (Å²) in [6.45, 7) is 10.2. The molecule has 0 radical (unpaired) electrons. The quantitative estimate of drug-likeness (QED) is 0.637. The maximum Gasteiger partial charge on any atom is 0.303 e. The summed E-state index contributed by atoms with van der Waals surface area (Å²) in [5, 5.41) is 0. The Morgan fingerprint density at radius 1 is 1.26 bits per heavy atom. The van der Waals surface area contributed by atoms with Crippen LogP contribution in [0.3, 0.4) is 0 Å². The number of carbonyl (C=O) groups is 2.